The zero-order chi connectivity index (χ0) is 31.3. The van der Waals surface area contributed by atoms with Crippen LogP contribution >= 0.6 is 23.1 Å². The van der Waals surface area contributed by atoms with Crippen molar-refractivity contribution >= 4 is 52.2 Å². The summed E-state index contributed by atoms with van der Waals surface area (Å²) in [4.78, 5) is 54.7. The third-order valence-corrected chi connectivity index (χ3v) is 10.0. The molecule has 3 heterocycles. The Labute approximate surface area is 255 Å². The SMILES string of the molecule is COc1cc([C@@H]2c3sc(=O)n(CC(=O)Nc4ccccc4)c3SC3C(=O)N(c4cccc(C(F)(F)F)c4)C(=O)C32)ccc1O. The summed E-state index contributed by atoms with van der Waals surface area (Å²) in [5.41, 5.74) is -0.291. The second kappa shape index (κ2) is 11.2. The fourth-order valence-electron chi connectivity index (χ4n) is 5.44. The van der Waals surface area contributed by atoms with Crippen molar-refractivity contribution in [2.75, 3.05) is 17.3 Å². The Hall–Kier alpha value is -4.56. The van der Waals surface area contributed by atoms with E-state index in [1.807, 2.05) is 0 Å². The van der Waals surface area contributed by atoms with Crippen molar-refractivity contribution in [3.63, 3.8) is 0 Å². The molecule has 2 unspecified atom stereocenters. The Bertz CT molecular complexity index is 1860. The first-order valence-electron chi connectivity index (χ1n) is 13.1. The number of aromatic nitrogens is 1. The minimum atomic E-state index is -4.70. The van der Waals surface area contributed by atoms with E-state index >= 15 is 0 Å². The van der Waals surface area contributed by atoms with Crippen molar-refractivity contribution in [3.8, 4) is 11.5 Å². The Kier molecular flexibility index (Phi) is 7.49. The molecule has 0 saturated carbocycles. The lowest BCUT2D eigenvalue weighted by Gasteiger charge is -2.31. The summed E-state index contributed by atoms with van der Waals surface area (Å²) in [6, 6.07) is 17.0. The smallest absolute Gasteiger partial charge is 0.416 e. The van der Waals surface area contributed by atoms with Crippen LogP contribution in [0.3, 0.4) is 0 Å². The topological polar surface area (TPSA) is 118 Å². The van der Waals surface area contributed by atoms with Crippen molar-refractivity contribution in [1.82, 2.24) is 4.57 Å². The van der Waals surface area contributed by atoms with E-state index in [2.05, 4.69) is 5.32 Å². The largest absolute Gasteiger partial charge is 0.504 e. The number of carbonyl (C=O) groups excluding carboxylic acids is 3. The number of nitrogens with zero attached hydrogens (tertiary/aromatic N) is 2. The number of anilines is 2. The lowest BCUT2D eigenvalue weighted by molar-refractivity contribution is -0.137. The van der Waals surface area contributed by atoms with Crippen molar-refractivity contribution in [2.45, 2.75) is 28.9 Å². The van der Waals surface area contributed by atoms with Gasteiger partial charge in [0.1, 0.15) is 11.8 Å². The van der Waals surface area contributed by atoms with E-state index < -0.39 is 51.4 Å². The van der Waals surface area contributed by atoms with Crippen LogP contribution < -0.4 is 19.8 Å². The first-order valence-corrected chi connectivity index (χ1v) is 14.8. The highest BCUT2D eigenvalue weighted by Crippen LogP contribution is 2.54. The normalized spacial score (nSPS) is 19.5. The number of thioether (sulfide) groups is 1. The fourth-order valence-corrected chi connectivity index (χ4v) is 8.22. The van der Waals surface area contributed by atoms with Crippen molar-refractivity contribution in [2.24, 2.45) is 5.92 Å². The number of hydrogen-bond donors (Lipinski definition) is 2. The molecule has 4 aromatic rings. The summed E-state index contributed by atoms with van der Waals surface area (Å²) >= 11 is 1.75. The number of imide groups is 1. The maximum Gasteiger partial charge on any atom is 0.416 e. The average molecular weight is 642 g/mol. The number of amides is 3. The molecule has 1 fully saturated rings. The number of halogens is 3. The van der Waals surface area contributed by atoms with E-state index in [-0.39, 0.29) is 23.7 Å². The molecule has 1 aromatic heterocycles. The first kappa shape index (κ1) is 29.5. The summed E-state index contributed by atoms with van der Waals surface area (Å²) in [6.45, 7) is -0.380. The van der Waals surface area contributed by atoms with E-state index in [0.717, 1.165) is 46.2 Å². The van der Waals surface area contributed by atoms with Gasteiger partial charge < -0.3 is 15.2 Å². The van der Waals surface area contributed by atoms with Gasteiger partial charge in [0, 0.05) is 16.5 Å². The van der Waals surface area contributed by atoms with E-state index in [4.69, 9.17) is 4.74 Å². The number of alkyl halides is 3. The number of thiazole rings is 1. The van der Waals surface area contributed by atoms with Crippen LogP contribution in [-0.4, -0.2) is 39.8 Å². The number of hydrogen-bond acceptors (Lipinski definition) is 8. The van der Waals surface area contributed by atoms with E-state index in [1.165, 1.54) is 35.9 Å². The highest BCUT2D eigenvalue weighted by molar-refractivity contribution is 8.00. The van der Waals surface area contributed by atoms with Gasteiger partial charge >= 0.3 is 11.0 Å². The Balaban J connectivity index is 1.44. The van der Waals surface area contributed by atoms with Crippen LogP contribution in [-0.2, 0) is 27.1 Å². The molecule has 9 nitrogen and oxygen atoms in total. The Morgan fingerprint density at radius 3 is 2.45 bits per heavy atom. The molecule has 14 heteroatoms. The number of carbonyl (C=O) groups is 3. The van der Waals surface area contributed by atoms with E-state index in [1.54, 1.807) is 30.3 Å². The van der Waals surface area contributed by atoms with Crippen molar-refractivity contribution < 1.29 is 37.4 Å². The van der Waals surface area contributed by atoms with Gasteiger partial charge in [-0.2, -0.15) is 13.2 Å². The van der Waals surface area contributed by atoms with Crippen LogP contribution in [0.4, 0.5) is 24.5 Å². The zero-order valence-electron chi connectivity index (χ0n) is 22.7. The summed E-state index contributed by atoms with van der Waals surface area (Å²) in [7, 11) is 1.34. The summed E-state index contributed by atoms with van der Waals surface area (Å²) < 4.78 is 47.0. The third-order valence-electron chi connectivity index (χ3n) is 7.40. The third kappa shape index (κ3) is 5.13. The van der Waals surface area contributed by atoms with E-state index in [9.17, 15) is 37.5 Å². The fraction of sp³-hybridized carbons (Fsp3) is 0.200. The van der Waals surface area contributed by atoms with Crippen LogP contribution in [0.5, 0.6) is 11.5 Å². The van der Waals surface area contributed by atoms with Crippen molar-refractivity contribution in [1.29, 1.82) is 0 Å². The predicted molar refractivity (Wildman–Crippen MR) is 157 cm³/mol. The second-order valence-electron chi connectivity index (χ2n) is 10.1. The van der Waals surface area contributed by atoms with Gasteiger partial charge in [0.2, 0.25) is 17.7 Å². The zero-order valence-corrected chi connectivity index (χ0v) is 24.3. The van der Waals surface area contributed by atoms with Gasteiger partial charge in [-0.3, -0.25) is 23.7 Å². The average Bonchev–Trinajstić information content (AvgIpc) is 3.43. The molecule has 3 amide bonds. The lowest BCUT2D eigenvalue weighted by Crippen LogP contribution is -2.33. The molecule has 2 aliphatic heterocycles. The maximum atomic E-state index is 14.0. The number of rotatable bonds is 6. The van der Waals surface area contributed by atoms with Gasteiger partial charge in [-0.15, -0.1) is 0 Å². The molecule has 3 aromatic carbocycles. The molecule has 226 valence electrons. The van der Waals surface area contributed by atoms with E-state index in [0.29, 0.717) is 21.2 Å². The highest BCUT2D eigenvalue weighted by atomic mass is 32.2. The number of methoxy groups -OCH3 is 1. The predicted octanol–water partition coefficient (Wildman–Crippen LogP) is 5.08. The molecule has 1 saturated heterocycles. The van der Waals surface area contributed by atoms with Crippen LogP contribution in [0.2, 0.25) is 0 Å². The number of benzene rings is 3. The number of para-hydroxylation sites is 1. The molecular weight excluding hydrogens is 619 g/mol. The molecule has 0 aliphatic carbocycles. The number of phenolic OH excluding ortho intramolecular Hbond substituents is 1. The Morgan fingerprint density at radius 2 is 1.75 bits per heavy atom. The molecular formula is C30H22F3N3O6S2. The van der Waals surface area contributed by atoms with Gasteiger partial charge in [0.25, 0.3) is 0 Å². The number of fused-ring (bicyclic) bond motifs is 2. The molecule has 0 bridgehead atoms. The number of aromatic hydroxyl groups is 1. The molecule has 2 N–H and O–H groups in total. The van der Waals surface area contributed by atoms with Gasteiger partial charge in [0.05, 0.1) is 29.3 Å². The summed E-state index contributed by atoms with van der Waals surface area (Å²) in [5, 5.41) is 12.1. The second-order valence-corrected chi connectivity index (χ2v) is 12.2. The number of ether oxygens (including phenoxy) is 1. The summed E-state index contributed by atoms with van der Waals surface area (Å²) in [6.07, 6.45) is -4.70. The number of nitrogens with one attached hydrogen (secondary N) is 1. The van der Waals surface area contributed by atoms with Crippen LogP contribution in [0.1, 0.15) is 21.9 Å². The molecule has 3 atom stereocenters. The van der Waals surface area contributed by atoms with Crippen molar-refractivity contribution in [3.05, 3.63) is 98.5 Å². The molecule has 44 heavy (non-hydrogen) atoms. The summed E-state index contributed by atoms with van der Waals surface area (Å²) in [5.74, 6) is -4.08. The maximum absolute atomic E-state index is 14.0. The van der Waals surface area contributed by atoms with Gasteiger partial charge in [-0.05, 0) is 48.0 Å². The molecule has 2 aliphatic rings. The quantitative estimate of drug-likeness (QED) is 0.282. The lowest BCUT2D eigenvalue weighted by atomic mass is 9.83. The molecule has 6 rings (SSSR count). The van der Waals surface area contributed by atoms with Crippen LogP contribution in [0.25, 0.3) is 0 Å². The first-order chi connectivity index (χ1) is 21.0. The molecule has 0 radical (unpaired) electrons. The molecule has 0 spiro atoms. The monoisotopic (exact) mass is 641 g/mol. The van der Waals surface area contributed by atoms with Crippen LogP contribution in [0.15, 0.2) is 82.6 Å². The van der Waals surface area contributed by atoms with Gasteiger partial charge in [-0.1, -0.05) is 53.4 Å². The van der Waals surface area contributed by atoms with Crippen LogP contribution in [0, 0.1) is 5.92 Å². The Morgan fingerprint density at radius 1 is 1.00 bits per heavy atom. The van der Waals surface area contributed by atoms with Gasteiger partial charge in [-0.25, -0.2) is 4.90 Å². The minimum Gasteiger partial charge on any atom is -0.504 e. The minimum absolute atomic E-state index is 0.0827. The highest BCUT2D eigenvalue weighted by Gasteiger charge is 2.57. The van der Waals surface area contributed by atoms with Gasteiger partial charge in [0.15, 0.2) is 11.5 Å². The standard InChI is InChI=1S/C30H22F3N3O6S2/c1-42-20-12-15(10-11-19(20)37)22-23-24(27(40)36(26(23)39)18-9-5-6-16(13-18)30(31,32)33)43-28-25(22)44-29(41)35(28)14-21(38)34-17-7-3-2-4-8-17/h2-13,22-24,37H,14H2,1H3,(H,34,38)/t22-,23?,24?/m0/s1. The number of phenols is 1.